The zero-order valence-electron chi connectivity index (χ0n) is 20.6. The summed E-state index contributed by atoms with van der Waals surface area (Å²) in [6.45, 7) is 8.15. The maximum Gasteiger partial charge on any atom is 0.243 e. The monoisotopic (exact) mass is 510 g/mol. The molecule has 0 radical (unpaired) electrons. The number of carbonyl (C=O) groups excluding carboxylic acids is 2. The number of amides is 2. The van der Waals surface area contributed by atoms with Crippen molar-refractivity contribution in [3.05, 3.63) is 105 Å². The highest BCUT2D eigenvalue weighted by atomic mass is 35.5. The topological polar surface area (TPSA) is 49.4 Å². The molecule has 3 aromatic rings. The SMILES string of the molecule is Cc1ccccc1CN(C(=O)Cc1ccc(Cl)c(Cl)c1)C(Cc1ccccc1)C(=O)NC(C)(C)C. The van der Waals surface area contributed by atoms with Gasteiger partial charge in [0.2, 0.25) is 11.8 Å². The maximum atomic E-state index is 13.8. The first-order chi connectivity index (χ1) is 16.5. The number of hydrogen-bond donors (Lipinski definition) is 1. The number of nitrogens with one attached hydrogen (secondary N) is 1. The van der Waals surface area contributed by atoms with Crippen molar-refractivity contribution < 1.29 is 9.59 Å². The molecule has 0 aromatic heterocycles. The smallest absolute Gasteiger partial charge is 0.243 e. The summed E-state index contributed by atoms with van der Waals surface area (Å²) in [4.78, 5) is 29.1. The Bertz CT molecular complexity index is 1170. The molecule has 1 unspecified atom stereocenters. The third-order valence-corrected chi connectivity index (χ3v) is 6.45. The number of carbonyl (C=O) groups is 2. The van der Waals surface area contributed by atoms with Crippen molar-refractivity contribution in [3.63, 3.8) is 0 Å². The van der Waals surface area contributed by atoms with E-state index in [0.29, 0.717) is 23.0 Å². The lowest BCUT2D eigenvalue weighted by Crippen LogP contribution is -2.54. The van der Waals surface area contributed by atoms with Crippen LogP contribution in [0.5, 0.6) is 0 Å². The number of halogens is 2. The molecule has 35 heavy (non-hydrogen) atoms. The van der Waals surface area contributed by atoms with Gasteiger partial charge in [-0.3, -0.25) is 9.59 Å². The molecule has 3 aromatic carbocycles. The second-order valence-electron chi connectivity index (χ2n) is 9.82. The summed E-state index contributed by atoms with van der Waals surface area (Å²) in [7, 11) is 0. The van der Waals surface area contributed by atoms with Gasteiger partial charge in [-0.2, -0.15) is 0 Å². The molecule has 0 saturated carbocycles. The Morgan fingerprint density at radius 2 is 1.54 bits per heavy atom. The van der Waals surface area contributed by atoms with Crippen LogP contribution >= 0.6 is 23.2 Å². The van der Waals surface area contributed by atoms with E-state index in [2.05, 4.69) is 5.32 Å². The predicted octanol–water partition coefficient (Wildman–Crippen LogP) is 6.40. The Morgan fingerprint density at radius 1 is 0.886 bits per heavy atom. The van der Waals surface area contributed by atoms with Crippen LogP contribution in [0.15, 0.2) is 72.8 Å². The van der Waals surface area contributed by atoms with Gasteiger partial charge < -0.3 is 10.2 Å². The molecule has 184 valence electrons. The van der Waals surface area contributed by atoms with Crippen molar-refractivity contribution in [2.24, 2.45) is 0 Å². The fourth-order valence-electron chi connectivity index (χ4n) is 3.90. The third-order valence-electron chi connectivity index (χ3n) is 5.71. The Labute approximate surface area is 218 Å². The van der Waals surface area contributed by atoms with Crippen LogP contribution < -0.4 is 5.32 Å². The number of benzene rings is 3. The van der Waals surface area contributed by atoms with Crippen LogP contribution in [0.1, 0.15) is 43.0 Å². The molecule has 0 aliphatic heterocycles. The van der Waals surface area contributed by atoms with Gasteiger partial charge in [-0.15, -0.1) is 0 Å². The number of rotatable bonds is 8. The van der Waals surface area contributed by atoms with E-state index >= 15 is 0 Å². The molecular formula is C29H32Cl2N2O2. The molecule has 2 amide bonds. The fraction of sp³-hybridized carbons (Fsp3) is 0.310. The molecule has 3 rings (SSSR count). The summed E-state index contributed by atoms with van der Waals surface area (Å²) >= 11 is 12.3. The van der Waals surface area contributed by atoms with Crippen LogP contribution in [0.4, 0.5) is 0 Å². The van der Waals surface area contributed by atoms with E-state index in [1.807, 2.05) is 82.3 Å². The molecule has 0 bridgehead atoms. The third kappa shape index (κ3) is 7.84. The van der Waals surface area contributed by atoms with Crippen molar-refractivity contribution >= 4 is 35.0 Å². The van der Waals surface area contributed by atoms with Crippen molar-refractivity contribution in [1.82, 2.24) is 10.2 Å². The van der Waals surface area contributed by atoms with Crippen molar-refractivity contribution in [2.75, 3.05) is 0 Å². The average molecular weight is 511 g/mol. The molecule has 4 nitrogen and oxygen atoms in total. The zero-order valence-corrected chi connectivity index (χ0v) is 22.2. The highest BCUT2D eigenvalue weighted by Crippen LogP contribution is 2.24. The van der Waals surface area contributed by atoms with Crippen LogP contribution in [0.25, 0.3) is 0 Å². The Morgan fingerprint density at radius 3 is 2.17 bits per heavy atom. The van der Waals surface area contributed by atoms with Crippen LogP contribution in [0.2, 0.25) is 10.0 Å². The van der Waals surface area contributed by atoms with Gasteiger partial charge in [0.25, 0.3) is 0 Å². The Hall–Kier alpha value is -2.82. The largest absolute Gasteiger partial charge is 0.350 e. The Kier molecular flexibility index (Phi) is 8.98. The van der Waals surface area contributed by atoms with Crippen molar-refractivity contribution in [3.8, 4) is 0 Å². The number of aryl methyl sites for hydroxylation is 1. The molecule has 0 spiro atoms. The van der Waals surface area contributed by atoms with Gasteiger partial charge in [0.05, 0.1) is 16.5 Å². The van der Waals surface area contributed by atoms with Gasteiger partial charge in [-0.1, -0.05) is 83.9 Å². The lowest BCUT2D eigenvalue weighted by atomic mass is 9.99. The van der Waals surface area contributed by atoms with Crippen LogP contribution in [0.3, 0.4) is 0 Å². The predicted molar refractivity (Wildman–Crippen MR) is 144 cm³/mol. The number of nitrogens with zero attached hydrogens (tertiary/aromatic N) is 1. The summed E-state index contributed by atoms with van der Waals surface area (Å²) in [6, 6.07) is 22.2. The van der Waals surface area contributed by atoms with Crippen LogP contribution in [0, 0.1) is 6.92 Å². The highest BCUT2D eigenvalue weighted by molar-refractivity contribution is 6.42. The second-order valence-corrected chi connectivity index (χ2v) is 10.6. The van der Waals surface area contributed by atoms with Gasteiger partial charge in [0.1, 0.15) is 6.04 Å². The Balaban J connectivity index is 2.01. The first kappa shape index (κ1) is 26.8. The molecule has 0 heterocycles. The molecule has 6 heteroatoms. The molecule has 1 atom stereocenters. The molecule has 0 fully saturated rings. The van der Waals surface area contributed by atoms with E-state index in [-0.39, 0.29) is 18.2 Å². The molecule has 1 N–H and O–H groups in total. The minimum Gasteiger partial charge on any atom is -0.350 e. The van der Waals surface area contributed by atoms with Gasteiger partial charge in [0, 0.05) is 18.5 Å². The summed E-state index contributed by atoms with van der Waals surface area (Å²) in [5.74, 6) is -0.339. The maximum absolute atomic E-state index is 13.8. The average Bonchev–Trinajstić information content (AvgIpc) is 2.79. The normalized spacial score (nSPS) is 12.2. The minimum absolute atomic E-state index is 0.108. The summed E-state index contributed by atoms with van der Waals surface area (Å²) < 4.78 is 0. The summed E-state index contributed by atoms with van der Waals surface area (Å²) in [5, 5.41) is 3.92. The lowest BCUT2D eigenvalue weighted by Gasteiger charge is -2.34. The van der Waals surface area contributed by atoms with Gasteiger partial charge >= 0.3 is 0 Å². The van der Waals surface area contributed by atoms with E-state index in [1.165, 1.54) is 0 Å². The van der Waals surface area contributed by atoms with E-state index in [9.17, 15) is 9.59 Å². The highest BCUT2D eigenvalue weighted by Gasteiger charge is 2.32. The van der Waals surface area contributed by atoms with Gasteiger partial charge in [0.15, 0.2) is 0 Å². The van der Waals surface area contributed by atoms with Gasteiger partial charge in [-0.05, 0) is 62.1 Å². The van der Waals surface area contributed by atoms with E-state index < -0.39 is 11.6 Å². The minimum atomic E-state index is -0.688. The van der Waals surface area contributed by atoms with E-state index in [0.717, 1.165) is 22.3 Å². The summed E-state index contributed by atoms with van der Waals surface area (Å²) in [6.07, 6.45) is 0.513. The van der Waals surface area contributed by atoms with E-state index in [4.69, 9.17) is 23.2 Å². The van der Waals surface area contributed by atoms with Crippen LogP contribution in [-0.2, 0) is 29.0 Å². The first-order valence-corrected chi connectivity index (χ1v) is 12.4. The van der Waals surface area contributed by atoms with Gasteiger partial charge in [-0.25, -0.2) is 0 Å². The van der Waals surface area contributed by atoms with Crippen molar-refractivity contribution in [2.45, 2.75) is 58.7 Å². The molecular weight excluding hydrogens is 479 g/mol. The number of hydrogen-bond acceptors (Lipinski definition) is 2. The van der Waals surface area contributed by atoms with Crippen molar-refractivity contribution in [1.29, 1.82) is 0 Å². The fourth-order valence-corrected chi connectivity index (χ4v) is 4.22. The first-order valence-electron chi connectivity index (χ1n) is 11.7. The summed E-state index contributed by atoms with van der Waals surface area (Å²) in [5.41, 5.74) is 3.35. The van der Waals surface area contributed by atoms with Crippen LogP contribution in [-0.4, -0.2) is 28.3 Å². The quantitative estimate of drug-likeness (QED) is 0.381. The van der Waals surface area contributed by atoms with E-state index in [1.54, 1.807) is 23.1 Å². The zero-order chi connectivity index (χ0) is 25.6. The molecule has 0 aliphatic rings. The molecule has 0 aliphatic carbocycles. The molecule has 0 saturated heterocycles. The lowest BCUT2D eigenvalue weighted by molar-refractivity contribution is -0.141. The standard InChI is InChI=1S/C29H32Cl2N2O2/c1-20-10-8-9-13-23(20)19-33(27(34)18-22-14-15-24(30)25(31)16-22)26(28(35)32-29(2,3)4)17-21-11-6-5-7-12-21/h5-16,26H,17-19H2,1-4H3,(H,32,35). The second kappa shape index (κ2) is 11.7.